The lowest BCUT2D eigenvalue weighted by molar-refractivity contribution is -0.138. The summed E-state index contributed by atoms with van der Waals surface area (Å²) in [6.07, 6.45) is 10.7. The summed E-state index contributed by atoms with van der Waals surface area (Å²) in [5.74, 6) is -0.734. The Labute approximate surface area is 304 Å². The summed E-state index contributed by atoms with van der Waals surface area (Å²) in [5, 5.41) is 0.487. The fraction of sp³-hybridized carbons (Fsp3) is 0.474. The molecule has 2 aromatic rings. The Bertz CT molecular complexity index is 1330. The second-order valence-electron chi connectivity index (χ2n) is 11.8. The van der Waals surface area contributed by atoms with Crippen LogP contribution in [0.2, 0.25) is 10.0 Å². The summed E-state index contributed by atoms with van der Waals surface area (Å²) < 4.78 is 32.8. The van der Waals surface area contributed by atoms with Gasteiger partial charge in [0, 0.05) is 12.2 Å². The molecule has 0 N–H and O–H groups in total. The van der Waals surface area contributed by atoms with Gasteiger partial charge in [0.15, 0.2) is 0 Å². The maximum absolute atomic E-state index is 12.9. The number of carbonyl (C=O) groups excluding carboxylic acids is 4. The van der Waals surface area contributed by atoms with Crippen molar-refractivity contribution in [1.29, 1.82) is 0 Å². The maximum atomic E-state index is 12.9. The molecule has 0 bridgehead atoms. The quantitative estimate of drug-likeness (QED) is 0.0503. The Balaban J connectivity index is 1.31. The number of hydrogen-bond donors (Lipinski definition) is 0. The number of ether oxygens (including phenoxy) is 6. The average Bonchev–Trinajstić information content (AvgIpc) is 3.11. The summed E-state index contributed by atoms with van der Waals surface area (Å²) in [7, 11) is 0. The van der Waals surface area contributed by atoms with Crippen LogP contribution in [0.5, 0.6) is 11.5 Å². The van der Waals surface area contributed by atoms with Gasteiger partial charge in [-0.2, -0.15) is 0 Å². The topological polar surface area (TPSA) is 124 Å². The Hall–Kier alpha value is -4.02. The van der Waals surface area contributed by atoms with Gasteiger partial charge < -0.3 is 28.4 Å². The smallest absolute Gasteiger partial charge is 0.339 e. The molecule has 10 nitrogen and oxygen atoms in total. The van der Waals surface area contributed by atoms with Crippen LogP contribution in [0.1, 0.15) is 97.8 Å². The van der Waals surface area contributed by atoms with Gasteiger partial charge in [0.05, 0.1) is 47.6 Å². The van der Waals surface area contributed by atoms with E-state index in [2.05, 4.69) is 13.2 Å². The Morgan fingerprint density at radius 3 is 1.28 bits per heavy atom. The van der Waals surface area contributed by atoms with Crippen molar-refractivity contribution < 1.29 is 47.6 Å². The largest absolute Gasteiger partial charge is 0.494 e. The van der Waals surface area contributed by atoms with Crippen molar-refractivity contribution in [2.24, 2.45) is 0 Å². The van der Waals surface area contributed by atoms with E-state index in [4.69, 9.17) is 51.6 Å². The van der Waals surface area contributed by atoms with Gasteiger partial charge in [0.1, 0.15) is 23.7 Å². The van der Waals surface area contributed by atoms with Gasteiger partial charge in [-0.1, -0.05) is 36.4 Å². The minimum Gasteiger partial charge on any atom is -0.494 e. The van der Waals surface area contributed by atoms with E-state index >= 15 is 0 Å². The highest BCUT2D eigenvalue weighted by Crippen LogP contribution is 2.29. The molecule has 0 atom stereocenters. The first kappa shape index (κ1) is 40.4. The molecule has 0 amide bonds. The normalized spacial score (nSPS) is 15.3. The highest BCUT2D eigenvalue weighted by Gasteiger charge is 2.28. The lowest BCUT2D eigenvalue weighted by Crippen LogP contribution is -2.30. The van der Waals surface area contributed by atoms with Crippen molar-refractivity contribution in [3.05, 3.63) is 82.9 Å². The zero-order chi connectivity index (χ0) is 36.1. The molecule has 1 saturated carbocycles. The summed E-state index contributed by atoms with van der Waals surface area (Å²) >= 11 is 12.8. The molecular formula is C38H46Cl2O10. The zero-order valence-electron chi connectivity index (χ0n) is 28.3. The van der Waals surface area contributed by atoms with Gasteiger partial charge in [0.2, 0.25) is 0 Å². The summed E-state index contributed by atoms with van der Waals surface area (Å²) in [4.78, 5) is 47.8. The third-order valence-corrected chi connectivity index (χ3v) is 8.55. The first-order valence-electron chi connectivity index (χ1n) is 17.0. The number of carbonyl (C=O) groups is 4. The number of halogens is 2. The van der Waals surface area contributed by atoms with Crippen molar-refractivity contribution in [2.75, 3.05) is 26.4 Å². The fourth-order valence-electron chi connectivity index (χ4n) is 5.16. The summed E-state index contributed by atoms with van der Waals surface area (Å²) in [5.41, 5.74) is 0.514. The minimum atomic E-state index is -0.514. The van der Waals surface area contributed by atoms with E-state index in [0.717, 1.165) is 63.5 Å². The number of hydrogen-bond acceptors (Lipinski definition) is 10. The standard InChI is InChI=1S/C38H46Cl2O10/c1-3-35(41)47-23-11-7-5-9-21-45-29-17-19-31(33(39)25-29)37(43)49-27-13-15-28(16-14-27)50-38(44)32-20-18-30(26-34(32)40)46-22-10-6-8-12-24-48-36(42)4-2/h3-4,17-20,25-28H,1-2,5-16,21-24H2. The van der Waals surface area contributed by atoms with Crippen LogP contribution in [-0.4, -0.2) is 62.5 Å². The molecule has 272 valence electrons. The highest BCUT2D eigenvalue weighted by atomic mass is 35.5. The molecule has 12 heteroatoms. The SMILES string of the molecule is C=CC(=O)OCCCCCCOc1ccc(C(=O)OC2CCC(OC(=O)c3ccc(OCCCCCCOC(=O)C=C)cc3Cl)CC2)c(Cl)c1. The molecule has 50 heavy (non-hydrogen) atoms. The predicted octanol–water partition coefficient (Wildman–Crippen LogP) is 8.66. The van der Waals surface area contributed by atoms with E-state index in [1.54, 1.807) is 36.4 Å². The molecule has 0 spiro atoms. The van der Waals surface area contributed by atoms with E-state index in [1.165, 1.54) is 0 Å². The van der Waals surface area contributed by atoms with Crippen molar-refractivity contribution in [2.45, 2.75) is 89.3 Å². The molecule has 0 saturated heterocycles. The van der Waals surface area contributed by atoms with Crippen molar-refractivity contribution in [3.8, 4) is 11.5 Å². The van der Waals surface area contributed by atoms with Gasteiger partial charge in [0.25, 0.3) is 0 Å². The van der Waals surface area contributed by atoms with Crippen LogP contribution in [0.25, 0.3) is 0 Å². The van der Waals surface area contributed by atoms with E-state index in [1.807, 2.05) is 0 Å². The van der Waals surface area contributed by atoms with Gasteiger partial charge >= 0.3 is 23.9 Å². The molecule has 2 aromatic carbocycles. The predicted molar refractivity (Wildman–Crippen MR) is 190 cm³/mol. The van der Waals surface area contributed by atoms with Crippen LogP contribution in [-0.2, 0) is 28.5 Å². The lowest BCUT2D eigenvalue weighted by atomic mass is 9.95. The van der Waals surface area contributed by atoms with Gasteiger partial charge in [-0.25, -0.2) is 19.2 Å². The number of esters is 4. The summed E-state index contributed by atoms with van der Waals surface area (Å²) in [6.45, 7) is 8.46. The molecule has 1 aliphatic carbocycles. The molecule has 0 aromatic heterocycles. The zero-order valence-corrected chi connectivity index (χ0v) is 29.9. The van der Waals surface area contributed by atoms with Crippen LogP contribution < -0.4 is 9.47 Å². The molecule has 0 unspecified atom stereocenters. The van der Waals surface area contributed by atoms with Gasteiger partial charge in [-0.15, -0.1) is 0 Å². The Morgan fingerprint density at radius 1 is 0.580 bits per heavy atom. The van der Waals surface area contributed by atoms with E-state index in [9.17, 15) is 19.2 Å². The fourth-order valence-corrected chi connectivity index (χ4v) is 5.65. The van der Waals surface area contributed by atoms with Gasteiger partial charge in [-0.3, -0.25) is 0 Å². The molecule has 0 heterocycles. The molecule has 0 aliphatic heterocycles. The highest BCUT2D eigenvalue weighted by molar-refractivity contribution is 6.34. The minimum absolute atomic E-state index is 0.244. The van der Waals surface area contributed by atoms with Gasteiger partial charge in [-0.05, 0) is 113 Å². The molecular weight excluding hydrogens is 687 g/mol. The number of benzene rings is 2. The number of rotatable bonds is 22. The first-order chi connectivity index (χ1) is 24.2. The van der Waals surface area contributed by atoms with E-state index < -0.39 is 23.9 Å². The molecule has 3 rings (SSSR count). The van der Waals surface area contributed by atoms with Crippen molar-refractivity contribution >= 4 is 47.1 Å². The summed E-state index contributed by atoms with van der Waals surface area (Å²) in [6, 6.07) is 9.77. The average molecular weight is 734 g/mol. The molecule has 1 fully saturated rings. The van der Waals surface area contributed by atoms with E-state index in [0.29, 0.717) is 63.6 Å². The lowest BCUT2D eigenvalue weighted by Gasteiger charge is -2.28. The monoisotopic (exact) mass is 732 g/mol. The van der Waals surface area contributed by atoms with Crippen LogP contribution in [0, 0.1) is 0 Å². The van der Waals surface area contributed by atoms with Crippen LogP contribution in [0.4, 0.5) is 0 Å². The van der Waals surface area contributed by atoms with Crippen molar-refractivity contribution in [1.82, 2.24) is 0 Å². The third kappa shape index (κ3) is 14.8. The van der Waals surface area contributed by atoms with Crippen LogP contribution in [0.3, 0.4) is 0 Å². The second-order valence-corrected chi connectivity index (χ2v) is 12.6. The Kier molecular flexibility index (Phi) is 18.3. The van der Waals surface area contributed by atoms with Crippen LogP contribution in [0.15, 0.2) is 61.7 Å². The Morgan fingerprint density at radius 2 is 0.940 bits per heavy atom. The van der Waals surface area contributed by atoms with E-state index in [-0.39, 0.29) is 33.4 Å². The molecule has 0 radical (unpaired) electrons. The second kappa shape index (κ2) is 22.6. The van der Waals surface area contributed by atoms with Crippen LogP contribution >= 0.6 is 23.2 Å². The maximum Gasteiger partial charge on any atom is 0.339 e. The first-order valence-corrected chi connectivity index (χ1v) is 17.8. The third-order valence-electron chi connectivity index (χ3n) is 7.93. The van der Waals surface area contributed by atoms with Crippen molar-refractivity contribution in [3.63, 3.8) is 0 Å². The number of unbranched alkanes of at least 4 members (excludes halogenated alkanes) is 6. The molecule has 1 aliphatic rings.